The van der Waals surface area contributed by atoms with Gasteiger partial charge in [-0.15, -0.1) is 0 Å². The Balaban J connectivity index is 1.81. The molecule has 1 N–H and O–H groups in total. The number of rotatable bonds is 2. The fourth-order valence-corrected chi connectivity index (χ4v) is 2.75. The highest BCUT2D eigenvalue weighted by atomic mass is 19.1. The molecule has 1 aromatic carbocycles. The second-order valence-electron chi connectivity index (χ2n) is 5.52. The highest BCUT2D eigenvalue weighted by Crippen LogP contribution is 2.22. The van der Waals surface area contributed by atoms with Crippen molar-refractivity contribution in [3.8, 4) is 11.3 Å². The zero-order valence-corrected chi connectivity index (χ0v) is 12.0. The number of nitrogens with one attached hydrogen (secondary N) is 1. The largest absolute Gasteiger partial charge is 0.335 e. The number of halogens is 1. The number of hydrogen-bond acceptors (Lipinski definition) is 2. The van der Waals surface area contributed by atoms with Gasteiger partial charge in [0.2, 0.25) is 0 Å². The maximum atomic E-state index is 12.9. The first-order chi connectivity index (χ1) is 10.1. The van der Waals surface area contributed by atoms with E-state index < -0.39 is 0 Å². The van der Waals surface area contributed by atoms with Crippen LogP contribution in [0.15, 0.2) is 30.3 Å². The normalized spacial score (nSPS) is 18.8. The van der Waals surface area contributed by atoms with Crippen molar-refractivity contribution in [2.45, 2.75) is 32.2 Å². The topological polar surface area (TPSA) is 49.0 Å². The van der Waals surface area contributed by atoms with Crippen LogP contribution in [-0.2, 0) is 0 Å². The van der Waals surface area contributed by atoms with Crippen molar-refractivity contribution in [3.05, 3.63) is 41.8 Å². The molecule has 110 valence electrons. The first kappa shape index (κ1) is 13.8. The minimum absolute atomic E-state index is 0.0111. The third-order valence-corrected chi connectivity index (χ3v) is 4.01. The predicted octanol–water partition coefficient (Wildman–Crippen LogP) is 3.23. The van der Waals surface area contributed by atoms with E-state index >= 15 is 0 Å². The van der Waals surface area contributed by atoms with E-state index in [9.17, 15) is 9.18 Å². The Morgan fingerprint density at radius 3 is 2.81 bits per heavy atom. The summed E-state index contributed by atoms with van der Waals surface area (Å²) >= 11 is 0. The van der Waals surface area contributed by atoms with Gasteiger partial charge in [0.1, 0.15) is 11.5 Å². The van der Waals surface area contributed by atoms with Crippen molar-refractivity contribution in [3.63, 3.8) is 0 Å². The van der Waals surface area contributed by atoms with Crippen LogP contribution in [0.4, 0.5) is 4.39 Å². The van der Waals surface area contributed by atoms with Gasteiger partial charge in [0.15, 0.2) is 0 Å². The molecular weight excluding hydrogens is 269 g/mol. The Hall–Kier alpha value is -2.17. The molecule has 1 unspecified atom stereocenters. The SMILES string of the molecule is CC1CCCCN1C(=O)c1cc(-c2ccc(F)cc2)n[nH]1. The number of carbonyl (C=O) groups is 1. The van der Waals surface area contributed by atoms with Crippen LogP contribution in [-0.4, -0.2) is 33.6 Å². The molecule has 1 amide bonds. The van der Waals surface area contributed by atoms with Crippen LogP contribution in [0.3, 0.4) is 0 Å². The van der Waals surface area contributed by atoms with Crippen LogP contribution in [0.2, 0.25) is 0 Å². The van der Waals surface area contributed by atoms with Crippen molar-refractivity contribution in [2.75, 3.05) is 6.54 Å². The molecule has 1 aliphatic heterocycles. The number of carbonyl (C=O) groups excluding carboxylic acids is 1. The Kier molecular flexibility index (Phi) is 3.73. The maximum Gasteiger partial charge on any atom is 0.272 e. The van der Waals surface area contributed by atoms with Crippen LogP contribution in [0, 0.1) is 5.82 Å². The molecule has 0 bridgehead atoms. The summed E-state index contributed by atoms with van der Waals surface area (Å²) in [5.41, 5.74) is 1.93. The van der Waals surface area contributed by atoms with E-state index in [1.54, 1.807) is 18.2 Å². The third-order valence-electron chi connectivity index (χ3n) is 4.01. The molecule has 1 atom stereocenters. The van der Waals surface area contributed by atoms with E-state index in [1.807, 2.05) is 4.90 Å². The second kappa shape index (κ2) is 5.68. The van der Waals surface area contributed by atoms with E-state index in [1.165, 1.54) is 18.6 Å². The Morgan fingerprint density at radius 2 is 2.10 bits per heavy atom. The molecular formula is C16H18FN3O. The number of benzene rings is 1. The molecule has 0 aliphatic carbocycles. The summed E-state index contributed by atoms with van der Waals surface area (Å²) in [4.78, 5) is 14.4. The molecule has 4 nitrogen and oxygen atoms in total. The molecule has 0 saturated carbocycles. The smallest absolute Gasteiger partial charge is 0.272 e. The summed E-state index contributed by atoms with van der Waals surface area (Å²) in [6.45, 7) is 2.87. The minimum atomic E-state index is -0.285. The van der Waals surface area contributed by atoms with Crippen molar-refractivity contribution in [1.82, 2.24) is 15.1 Å². The summed E-state index contributed by atoms with van der Waals surface area (Å²) in [7, 11) is 0. The molecule has 0 spiro atoms. The highest BCUT2D eigenvalue weighted by molar-refractivity contribution is 5.93. The van der Waals surface area contributed by atoms with Gasteiger partial charge in [0, 0.05) is 18.2 Å². The van der Waals surface area contributed by atoms with E-state index in [2.05, 4.69) is 17.1 Å². The number of nitrogens with zero attached hydrogens (tertiary/aromatic N) is 2. The fourth-order valence-electron chi connectivity index (χ4n) is 2.75. The first-order valence-corrected chi connectivity index (χ1v) is 7.27. The predicted molar refractivity (Wildman–Crippen MR) is 78.3 cm³/mol. The number of hydrogen-bond donors (Lipinski definition) is 1. The van der Waals surface area contributed by atoms with Gasteiger partial charge in [-0.3, -0.25) is 9.89 Å². The van der Waals surface area contributed by atoms with E-state index in [0.29, 0.717) is 11.4 Å². The zero-order valence-electron chi connectivity index (χ0n) is 12.0. The van der Waals surface area contributed by atoms with Crippen molar-refractivity contribution in [1.29, 1.82) is 0 Å². The average molecular weight is 287 g/mol. The quantitative estimate of drug-likeness (QED) is 0.922. The van der Waals surface area contributed by atoms with Crippen molar-refractivity contribution < 1.29 is 9.18 Å². The van der Waals surface area contributed by atoms with Crippen molar-refractivity contribution in [2.24, 2.45) is 0 Å². The summed E-state index contributed by atoms with van der Waals surface area (Å²) in [6.07, 6.45) is 3.27. The van der Waals surface area contributed by atoms with Crippen LogP contribution in [0.5, 0.6) is 0 Å². The molecule has 1 aliphatic rings. The number of aromatic nitrogens is 2. The Labute approximate surface area is 123 Å². The van der Waals surface area contributed by atoms with E-state index in [4.69, 9.17) is 0 Å². The van der Waals surface area contributed by atoms with Gasteiger partial charge in [0.05, 0.1) is 5.69 Å². The number of likely N-dealkylation sites (tertiary alicyclic amines) is 1. The van der Waals surface area contributed by atoms with Gasteiger partial charge < -0.3 is 4.90 Å². The number of aromatic amines is 1. The van der Waals surface area contributed by atoms with Gasteiger partial charge in [-0.05, 0) is 56.5 Å². The molecule has 1 aromatic heterocycles. The van der Waals surface area contributed by atoms with Gasteiger partial charge in [-0.1, -0.05) is 0 Å². The molecule has 21 heavy (non-hydrogen) atoms. The third kappa shape index (κ3) is 2.82. The molecule has 1 saturated heterocycles. The lowest BCUT2D eigenvalue weighted by molar-refractivity contribution is 0.0629. The average Bonchev–Trinajstić information content (AvgIpc) is 2.98. The molecule has 0 radical (unpaired) electrons. The van der Waals surface area contributed by atoms with Gasteiger partial charge >= 0.3 is 0 Å². The highest BCUT2D eigenvalue weighted by Gasteiger charge is 2.25. The van der Waals surface area contributed by atoms with Crippen molar-refractivity contribution >= 4 is 5.91 Å². The van der Waals surface area contributed by atoms with Crippen LogP contribution >= 0.6 is 0 Å². The molecule has 5 heteroatoms. The first-order valence-electron chi connectivity index (χ1n) is 7.27. The Bertz CT molecular complexity index is 635. The van der Waals surface area contributed by atoms with Gasteiger partial charge in [-0.2, -0.15) is 5.10 Å². The van der Waals surface area contributed by atoms with E-state index in [-0.39, 0.29) is 17.8 Å². The van der Waals surface area contributed by atoms with E-state index in [0.717, 1.165) is 24.9 Å². The number of amides is 1. The fraction of sp³-hybridized carbons (Fsp3) is 0.375. The lowest BCUT2D eigenvalue weighted by Gasteiger charge is -2.32. The zero-order chi connectivity index (χ0) is 14.8. The number of H-pyrrole nitrogens is 1. The lowest BCUT2D eigenvalue weighted by Crippen LogP contribution is -2.42. The minimum Gasteiger partial charge on any atom is -0.335 e. The molecule has 1 fully saturated rings. The molecule has 2 aromatic rings. The summed E-state index contributed by atoms with van der Waals surface area (Å²) < 4.78 is 12.9. The standard InChI is InChI=1S/C16H18FN3O/c1-11-4-2-3-9-20(11)16(21)15-10-14(18-19-15)12-5-7-13(17)8-6-12/h5-8,10-11H,2-4,9H2,1H3,(H,18,19). The summed E-state index contributed by atoms with van der Waals surface area (Å²) in [5.74, 6) is -0.296. The number of piperidine rings is 1. The van der Waals surface area contributed by atoms with Gasteiger partial charge in [-0.25, -0.2) is 4.39 Å². The molecule has 3 rings (SSSR count). The lowest BCUT2D eigenvalue weighted by atomic mass is 10.0. The van der Waals surface area contributed by atoms with Crippen LogP contribution < -0.4 is 0 Å². The molecule has 2 heterocycles. The second-order valence-corrected chi connectivity index (χ2v) is 5.52. The van der Waals surface area contributed by atoms with Gasteiger partial charge in [0.25, 0.3) is 5.91 Å². The summed E-state index contributed by atoms with van der Waals surface area (Å²) in [6, 6.07) is 8.09. The monoisotopic (exact) mass is 287 g/mol. The van der Waals surface area contributed by atoms with Crippen LogP contribution in [0.1, 0.15) is 36.7 Å². The maximum absolute atomic E-state index is 12.9. The summed E-state index contributed by atoms with van der Waals surface area (Å²) in [5, 5.41) is 6.96. The van der Waals surface area contributed by atoms with Crippen LogP contribution in [0.25, 0.3) is 11.3 Å². The Morgan fingerprint density at radius 1 is 1.33 bits per heavy atom.